The van der Waals surface area contributed by atoms with Crippen molar-refractivity contribution >= 4 is 5.91 Å². The predicted octanol–water partition coefficient (Wildman–Crippen LogP) is 2.58. The summed E-state index contributed by atoms with van der Waals surface area (Å²) in [6.07, 6.45) is 6.94. The van der Waals surface area contributed by atoms with E-state index in [2.05, 4.69) is 0 Å². The second-order valence-corrected chi connectivity index (χ2v) is 4.77. The Morgan fingerprint density at radius 1 is 1.37 bits per heavy atom. The molecular formula is C16H19NO2. The molecule has 2 rings (SSSR count). The molecule has 1 unspecified atom stereocenters. The summed E-state index contributed by atoms with van der Waals surface area (Å²) < 4.78 is 5.49. The number of allylic oxidation sites excluding steroid dienone is 2. The molecule has 1 aliphatic rings. The lowest BCUT2D eigenvalue weighted by atomic mass is 9.75. The zero-order valence-electron chi connectivity index (χ0n) is 11.1. The predicted molar refractivity (Wildman–Crippen MR) is 75.2 cm³/mol. The molecule has 1 amide bonds. The first kappa shape index (κ1) is 13.4. The van der Waals surface area contributed by atoms with Crippen molar-refractivity contribution in [3.63, 3.8) is 0 Å². The van der Waals surface area contributed by atoms with Gasteiger partial charge in [-0.05, 0) is 37.5 Å². The number of carbonyl (C=O) groups is 1. The number of benzene rings is 1. The Morgan fingerprint density at radius 2 is 2.11 bits per heavy atom. The monoisotopic (exact) mass is 257 g/mol. The molecule has 0 spiro atoms. The Labute approximate surface area is 113 Å². The van der Waals surface area contributed by atoms with Crippen molar-refractivity contribution < 1.29 is 9.53 Å². The molecule has 2 N–H and O–H groups in total. The highest BCUT2D eigenvalue weighted by Crippen LogP contribution is 2.34. The second-order valence-electron chi connectivity index (χ2n) is 4.77. The fourth-order valence-corrected chi connectivity index (χ4v) is 2.36. The lowest BCUT2D eigenvalue weighted by Gasteiger charge is -2.29. The average molecular weight is 257 g/mol. The van der Waals surface area contributed by atoms with Crippen molar-refractivity contribution in [1.82, 2.24) is 0 Å². The molecule has 0 aliphatic heterocycles. The summed E-state index contributed by atoms with van der Waals surface area (Å²) in [5.41, 5.74) is 6.06. The third-order valence-electron chi connectivity index (χ3n) is 3.35. The van der Waals surface area contributed by atoms with E-state index in [0.717, 1.165) is 11.3 Å². The summed E-state index contributed by atoms with van der Waals surface area (Å²) in [5, 5.41) is 0. The van der Waals surface area contributed by atoms with Crippen LogP contribution in [0.4, 0.5) is 0 Å². The van der Waals surface area contributed by atoms with Crippen LogP contribution in [-0.2, 0) is 16.0 Å². The van der Waals surface area contributed by atoms with Crippen LogP contribution in [0.15, 0.2) is 54.3 Å². The van der Waals surface area contributed by atoms with E-state index in [4.69, 9.17) is 10.5 Å². The molecule has 0 aromatic heterocycles. The van der Waals surface area contributed by atoms with Gasteiger partial charge in [-0.25, -0.2) is 0 Å². The second kappa shape index (κ2) is 5.74. The van der Waals surface area contributed by atoms with Gasteiger partial charge in [0.05, 0.1) is 12.0 Å². The number of primary amides is 1. The van der Waals surface area contributed by atoms with E-state index in [1.54, 1.807) is 0 Å². The number of nitrogens with two attached hydrogens (primary N) is 1. The van der Waals surface area contributed by atoms with Crippen LogP contribution in [0.25, 0.3) is 0 Å². The highest BCUT2D eigenvalue weighted by atomic mass is 16.5. The van der Waals surface area contributed by atoms with Crippen LogP contribution in [0, 0.1) is 5.41 Å². The summed E-state index contributed by atoms with van der Waals surface area (Å²) in [4.78, 5) is 11.9. The van der Waals surface area contributed by atoms with Crippen molar-refractivity contribution in [2.75, 3.05) is 6.61 Å². The van der Waals surface area contributed by atoms with Crippen molar-refractivity contribution in [1.29, 1.82) is 0 Å². The van der Waals surface area contributed by atoms with Crippen LogP contribution in [0.3, 0.4) is 0 Å². The van der Waals surface area contributed by atoms with Crippen LogP contribution in [-0.4, -0.2) is 12.5 Å². The fraction of sp³-hybridized carbons (Fsp3) is 0.312. The molecule has 100 valence electrons. The maximum atomic E-state index is 11.9. The molecule has 3 heteroatoms. The summed E-state index contributed by atoms with van der Waals surface area (Å²) in [7, 11) is 0. The average Bonchev–Trinajstić information content (AvgIpc) is 2.40. The normalized spacial score (nSPS) is 21.8. The molecule has 0 heterocycles. The molecule has 19 heavy (non-hydrogen) atoms. The minimum atomic E-state index is -0.680. The Balaban J connectivity index is 2.29. The fourth-order valence-electron chi connectivity index (χ4n) is 2.36. The van der Waals surface area contributed by atoms with Crippen LogP contribution >= 0.6 is 0 Å². The zero-order valence-corrected chi connectivity index (χ0v) is 11.1. The van der Waals surface area contributed by atoms with Gasteiger partial charge in [-0.3, -0.25) is 4.79 Å². The number of hydrogen-bond donors (Lipinski definition) is 1. The maximum Gasteiger partial charge on any atom is 0.228 e. The molecule has 0 fully saturated rings. The quantitative estimate of drug-likeness (QED) is 0.881. The third-order valence-corrected chi connectivity index (χ3v) is 3.35. The lowest BCUT2D eigenvalue weighted by molar-refractivity contribution is -0.125. The Hall–Kier alpha value is -2.03. The van der Waals surface area contributed by atoms with Gasteiger partial charge in [0.25, 0.3) is 0 Å². The van der Waals surface area contributed by atoms with Gasteiger partial charge in [0.1, 0.15) is 5.76 Å². The molecule has 0 saturated carbocycles. The molecule has 0 bridgehead atoms. The standard InChI is InChI=1S/C16H19NO2/c1-2-19-14-9-6-10-16(12-14,15(17)18)11-13-7-4-3-5-8-13/h3-9,12H,2,10-11H2,1H3,(H2,17,18). The van der Waals surface area contributed by atoms with E-state index in [1.165, 1.54) is 0 Å². The summed E-state index contributed by atoms with van der Waals surface area (Å²) >= 11 is 0. The smallest absolute Gasteiger partial charge is 0.228 e. The van der Waals surface area contributed by atoms with E-state index >= 15 is 0 Å². The molecular weight excluding hydrogens is 238 g/mol. The van der Waals surface area contributed by atoms with Gasteiger partial charge >= 0.3 is 0 Å². The summed E-state index contributed by atoms with van der Waals surface area (Å²) in [6.45, 7) is 2.50. The molecule has 0 saturated heterocycles. The Kier molecular flexibility index (Phi) is 4.05. The summed E-state index contributed by atoms with van der Waals surface area (Å²) in [6, 6.07) is 9.92. The van der Waals surface area contributed by atoms with Crippen LogP contribution in [0.1, 0.15) is 18.9 Å². The van der Waals surface area contributed by atoms with E-state index < -0.39 is 5.41 Å². The first-order valence-corrected chi connectivity index (χ1v) is 6.52. The van der Waals surface area contributed by atoms with E-state index in [-0.39, 0.29) is 5.91 Å². The first-order chi connectivity index (χ1) is 9.16. The molecule has 3 nitrogen and oxygen atoms in total. The number of carbonyl (C=O) groups excluding carboxylic acids is 1. The highest BCUT2D eigenvalue weighted by molar-refractivity contribution is 5.84. The van der Waals surface area contributed by atoms with Gasteiger partial charge in [-0.15, -0.1) is 0 Å². The largest absolute Gasteiger partial charge is 0.494 e. The van der Waals surface area contributed by atoms with Crippen molar-refractivity contribution in [2.24, 2.45) is 11.1 Å². The van der Waals surface area contributed by atoms with E-state index in [9.17, 15) is 4.79 Å². The number of ether oxygens (including phenoxy) is 1. The number of rotatable bonds is 5. The molecule has 1 aliphatic carbocycles. The topological polar surface area (TPSA) is 52.3 Å². The van der Waals surface area contributed by atoms with E-state index in [1.807, 2.05) is 55.5 Å². The minimum absolute atomic E-state index is 0.307. The lowest BCUT2D eigenvalue weighted by Crippen LogP contribution is -2.38. The molecule has 1 atom stereocenters. The van der Waals surface area contributed by atoms with Crippen LogP contribution in [0.2, 0.25) is 0 Å². The van der Waals surface area contributed by atoms with Crippen molar-refractivity contribution in [3.05, 3.63) is 59.9 Å². The number of amides is 1. The molecule has 1 aromatic carbocycles. The Morgan fingerprint density at radius 3 is 2.74 bits per heavy atom. The van der Waals surface area contributed by atoms with E-state index in [0.29, 0.717) is 19.4 Å². The van der Waals surface area contributed by atoms with Crippen molar-refractivity contribution in [2.45, 2.75) is 19.8 Å². The highest BCUT2D eigenvalue weighted by Gasteiger charge is 2.35. The molecule has 1 aromatic rings. The summed E-state index contributed by atoms with van der Waals surface area (Å²) in [5.74, 6) is 0.418. The maximum absolute atomic E-state index is 11.9. The van der Waals surface area contributed by atoms with Gasteiger partial charge in [-0.2, -0.15) is 0 Å². The number of hydrogen-bond acceptors (Lipinski definition) is 2. The van der Waals surface area contributed by atoms with Crippen LogP contribution < -0.4 is 5.73 Å². The third kappa shape index (κ3) is 3.05. The molecule has 0 radical (unpaired) electrons. The Bertz CT molecular complexity index is 505. The van der Waals surface area contributed by atoms with Gasteiger partial charge < -0.3 is 10.5 Å². The van der Waals surface area contributed by atoms with Gasteiger partial charge in [0, 0.05) is 0 Å². The first-order valence-electron chi connectivity index (χ1n) is 6.52. The van der Waals surface area contributed by atoms with Crippen LogP contribution in [0.5, 0.6) is 0 Å². The minimum Gasteiger partial charge on any atom is -0.494 e. The van der Waals surface area contributed by atoms with Gasteiger partial charge in [-0.1, -0.05) is 36.4 Å². The van der Waals surface area contributed by atoms with Gasteiger partial charge in [0.15, 0.2) is 0 Å². The zero-order chi connectivity index (χ0) is 13.7. The van der Waals surface area contributed by atoms with Crippen molar-refractivity contribution in [3.8, 4) is 0 Å². The SMILES string of the molecule is CCOC1=CC(Cc2ccccc2)(C(N)=O)CC=C1. The van der Waals surface area contributed by atoms with Gasteiger partial charge in [0.2, 0.25) is 5.91 Å².